The van der Waals surface area contributed by atoms with Gasteiger partial charge in [0.1, 0.15) is 0 Å². The molecule has 0 amide bonds. The molecule has 0 heterocycles. The summed E-state index contributed by atoms with van der Waals surface area (Å²) in [5.74, 6) is 1.78. The van der Waals surface area contributed by atoms with Crippen molar-refractivity contribution in [1.82, 2.24) is 0 Å². The van der Waals surface area contributed by atoms with E-state index in [1.807, 2.05) is 6.08 Å². The maximum Gasteiger partial charge on any atom is 0.0120 e. The van der Waals surface area contributed by atoms with Gasteiger partial charge < -0.3 is 5.73 Å². The first-order valence-electron chi connectivity index (χ1n) is 4.26. The van der Waals surface area contributed by atoms with Crippen LogP contribution in [-0.2, 0) is 0 Å². The number of allylic oxidation sites excluding steroid dienone is 4. The lowest BCUT2D eigenvalue weighted by Crippen LogP contribution is -2.25. The van der Waals surface area contributed by atoms with Gasteiger partial charge in [0.15, 0.2) is 0 Å². The van der Waals surface area contributed by atoms with Gasteiger partial charge in [-0.25, -0.2) is 0 Å². The van der Waals surface area contributed by atoms with Crippen molar-refractivity contribution in [3.8, 4) is 0 Å². The van der Waals surface area contributed by atoms with Crippen molar-refractivity contribution in [3.05, 3.63) is 23.9 Å². The van der Waals surface area contributed by atoms with Crippen molar-refractivity contribution < 1.29 is 0 Å². The van der Waals surface area contributed by atoms with Crippen molar-refractivity contribution in [1.29, 1.82) is 0 Å². The van der Waals surface area contributed by atoms with Crippen LogP contribution in [0.25, 0.3) is 0 Å². The van der Waals surface area contributed by atoms with Gasteiger partial charge in [0.2, 0.25) is 0 Å². The molecule has 11 heavy (non-hydrogen) atoms. The Bertz CT molecular complexity index is 189. The van der Waals surface area contributed by atoms with Crippen molar-refractivity contribution in [2.45, 2.75) is 20.8 Å². The topological polar surface area (TPSA) is 26.0 Å². The second kappa shape index (κ2) is 3.12. The fourth-order valence-corrected chi connectivity index (χ4v) is 1.87. The average molecular weight is 151 g/mol. The summed E-state index contributed by atoms with van der Waals surface area (Å²) in [5, 5.41) is 0. The van der Waals surface area contributed by atoms with E-state index in [1.54, 1.807) is 0 Å². The Morgan fingerprint density at radius 2 is 2.09 bits per heavy atom. The van der Waals surface area contributed by atoms with E-state index in [1.165, 1.54) is 0 Å². The van der Waals surface area contributed by atoms with Crippen LogP contribution in [-0.4, -0.2) is 0 Å². The molecule has 2 atom stereocenters. The van der Waals surface area contributed by atoms with Crippen LogP contribution in [0.15, 0.2) is 23.9 Å². The monoisotopic (exact) mass is 151 g/mol. The largest absolute Gasteiger partial charge is 0.402 e. The van der Waals surface area contributed by atoms with Crippen LogP contribution in [0.3, 0.4) is 0 Å². The summed E-state index contributed by atoms with van der Waals surface area (Å²) in [4.78, 5) is 0. The molecule has 1 aliphatic carbocycles. The average Bonchev–Trinajstić information content (AvgIpc) is 1.85. The quantitative estimate of drug-likeness (QED) is 0.611. The Morgan fingerprint density at radius 1 is 1.45 bits per heavy atom. The van der Waals surface area contributed by atoms with Crippen molar-refractivity contribution in [2.75, 3.05) is 0 Å². The Labute approximate surface area is 69.0 Å². The maximum atomic E-state index is 5.88. The Morgan fingerprint density at radius 3 is 2.45 bits per heavy atom. The first kappa shape index (κ1) is 8.38. The Kier molecular flexibility index (Phi) is 2.38. The summed E-state index contributed by atoms with van der Waals surface area (Å²) in [6, 6.07) is 0. The molecule has 0 bridgehead atoms. The van der Waals surface area contributed by atoms with E-state index in [9.17, 15) is 0 Å². The predicted octanol–water partition coefficient (Wildman–Crippen LogP) is 2.31. The van der Waals surface area contributed by atoms with E-state index in [-0.39, 0.29) is 0 Å². The SMILES string of the molecule is CC(C)C1C(N)=CC=CC1C. The zero-order valence-electron chi connectivity index (χ0n) is 7.54. The zero-order valence-corrected chi connectivity index (χ0v) is 7.54. The van der Waals surface area contributed by atoms with E-state index >= 15 is 0 Å². The summed E-state index contributed by atoms with van der Waals surface area (Å²) in [7, 11) is 0. The molecule has 1 nitrogen and oxygen atoms in total. The summed E-state index contributed by atoms with van der Waals surface area (Å²) in [6.45, 7) is 6.67. The molecule has 0 fully saturated rings. The van der Waals surface area contributed by atoms with Gasteiger partial charge in [0, 0.05) is 11.6 Å². The van der Waals surface area contributed by atoms with Crippen LogP contribution < -0.4 is 5.73 Å². The van der Waals surface area contributed by atoms with Gasteiger partial charge in [-0.2, -0.15) is 0 Å². The zero-order chi connectivity index (χ0) is 8.43. The molecule has 0 radical (unpaired) electrons. The number of nitrogens with two attached hydrogens (primary N) is 1. The van der Waals surface area contributed by atoms with Crippen LogP contribution in [0.4, 0.5) is 0 Å². The highest BCUT2D eigenvalue weighted by atomic mass is 14.6. The van der Waals surface area contributed by atoms with E-state index in [2.05, 4.69) is 32.9 Å². The van der Waals surface area contributed by atoms with E-state index in [4.69, 9.17) is 5.73 Å². The number of hydrogen-bond acceptors (Lipinski definition) is 1. The molecule has 1 aliphatic rings. The van der Waals surface area contributed by atoms with Gasteiger partial charge in [-0.05, 0) is 17.9 Å². The van der Waals surface area contributed by atoms with Crippen LogP contribution in [0.1, 0.15) is 20.8 Å². The Balaban J connectivity index is 2.78. The van der Waals surface area contributed by atoms with Gasteiger partial charge >= 0.3 is 0 Å². The van der Waals surface area contributed by atoms with Gasteiger partial charge in [-0.3, -0.25) is 0 Å². The molecular weight excluding hydrogens is 134 g/mol. The third-order valence-electron chi connectivity index (χ3n) is 2.37. The third-order valence-corrected chi connectivity index (χ3v) is 2.37. The molecule has 0 aliphatic heterocycles. The second-order valence-corrected chi connectivity index (χ2v) is 3.68. The second-order valence-electron chi connectivity index (χ2n) is 3.68. The van der Waals surface area contributed by atoms with E-state index in [0.717, 1.165) is 5.70 Å². The molecular formula is C10H17N. The standard InChI is InChI=1S/C10H17N/c1-7(2)10-8(3)5-4-6-9(10)11/h4-8,10H,11H2,1-3H3. The van der Waals surface area contributed by atoms with Crippen LogP contribution in [0, 0.1) is 17.8 Å². The predicted molar refractivity (Wildman–Crippen MR) is 48.9 cm³/mol. The molecule has 0 spiro atoms. The maximum absolute atomic E-state index is 5.88. The van der Waals surface area contributed by atoms with Crippen molar-refractivity contribution >= 4 is 0 Å². The highest BCUT2D eigenvalue weighted by molar-refractivity contribution is 5.20. The molecule has 0 aromatic heterocycles. The summed E-state index contributed by atoms with van der Waals surface area (Å²) < 4.78 is 0. The van der Waals surface area contributed by atoms with E-state index < -0.39 is 0 Å². The third kappa shape index (κ3) is 1.65. The van der Waals surface area contributed by atoms with Crippen LogP contribution in [0.5, 0.6) is 0 Å². The fraction of sp³-hybridized carbons (Fsp3) is 0.600. The van der Waals surface area contributed by atoms with Crippen molar-refractivity contribution in [2.24, 2.45) is 23.5 Å². The highest BCUT2D eigenvalue weighted by Gasteiger charge is 2.22. The molecule has 2 N–H and O–H groups in total. The van der Waals surface area contributed by atoms with Crippen LogP contribution in [0.2, 0.25) is 0 Å². The van der Waals surface area contributed by atoms with Gasteiger partial charge in [0.05, 0.1) is 0 Å². The molecule has 2 unspecified atom stereocenters. The number of hydrogen-bond donors (Lipinski definition) is 1. The van der Waals surface area contributed by atoms with E-state index in [0.29, 0.717) is 17.8 Å². The minimum Gasteiger partial charge on any atom is -0.402 e. The summed E-state index contributed by atoms with van der Waals surface area (Å²) in [6.07, 6.45) is 6.30. The van der Waals surface area contributed by atoms with Crippen molar-refractivity contribution in [3.63, 3.8) is 0 Å². The molecule has 0 saturated heterocycles. The molecule has 62 valence electrons. The lowest BCUT2D eigenvalue weighted by molar-refractivity contribution is 0.358. The van der Waals surface area contributed by atoms with Gasteiger partial charge in [-0.1, -0.05) is 32.9 Å². The molecule has 0 saturated carbocycles. The first-order valence-corrected chi connectivity index (χ1v) is 4.26. The molecule has 0 aromatic rings. The van der Waals surface area contributed by atoms with Crippen LogP contribution >= 0.6 is 0 Å². The van der Waals surface area contributed by atoms with Gasteiger partial charge in [-0.15, -0.1) is 0 Å². The molecule has 1 rings (SSSR count). The summed E-state index contributed by atoms with van der Waals surface area (Å²) in [5.41, 5.74) is 6.92. The Hall–Kier alpha value is -0.720. The lowest BCUT2D eigenvalue weighted by atomic mass is 9.79. The van der Waals surface area contributed by atoms with Gasteiger partial charge in [0.25, 0.3) is 0 Å². The lowest BCUT2D eigenvalue weighted by Gasteiger charge is -2.28. The number of rotatable bonds is 1. The molecule has 0 aromatic carbocycles. The first-order chi connectivity index (χ1) is 5.13. The summed E-state index contributed by atoms with van der Waals surface area (Å²) >= 11 is 0. The molecule has 1 heteroatoms. The smallest absolute Gasteiger partial charge is 0.0120 e. The fourth-order valence-electron chi connectivity index (χ4n) is 1.87. The minimum atomic E-state index is 0.542. The highest BCUT2D eigenvalue weighted by Crippen LogP contribution is 2.29. The normalized spacial score (nSPS) is 30.7. The minimum absolute atomic E-state index is 0.542.